The number of aryl methyl sites for hydroxylation is 1. The summed E-state index contributed by atoms with van der Waals surface area (Å²) >= 11 is 0. The van der Waals surface area contributed by atoms with Gasteiger partial charge in [-0.15, -0.1) is 0 Å². The molecule has 2 aromatic rings. The highest BCUT2D eigenvalue weighted by Crippen LogP contribution is 2.41. The third-order valence-corrected chi connectivity index (χ3v) is 5.57. The van der Waals surface area contributed by atoms with Gasteiger partial charge in [-0.2, -0.15) is 0 Å². The van der Waals surface area contributed by atoms with Crippen LogP contribution in [0, 0.1) is 6.92 Å². The molecule has 0 aliphatic carbocycles. The molecule has 0 unspecified atom stereocenters. The summed E-state index contributed by atoms with van der Waals surface area (Å²) in [5.74, 6) is 0.918. The second kappa shape index (κ2) is 8.01. The van der Waals surface area contributed by atoms with Crippen molar-refractivity contribution in [2.24, 2.45) is 0 Å². The van der Waals surface area contributed by atoms with Crippen molar-refractivity contribution in [1.29, 1.82) is 0 Å². The zero-order valence-electron chi connectivity index (χ0n) is 17.8. The Morgan fingerprint density at radius 3 is 2.63 bits per heavy atom. The van der Waals surface area contributed by atoms with Crippen LogP contribution in [0.1, 0.15) is 48.2 Å². The molecule has 1 fully saturated rings. The third kappa shape index (κ3) is 4.13. The Kier molecular flexibility index (Phi) is 5.41. The molecule has 0 aromatic heterocycles. The molecule has 2 aliphatic rings. The maximum absolute atomic E-state index is 12.9. The highest BCUT2D eigenvalue weighted by Gasteiger charge is 2.32. The average Bonchev–Trinajstić information content (AvgIpc) is 3.34. The van der Waals surface area contributed by atoms with Gasteiger partial charge in [0.2, 0.25) is 0 Å². The normalized spacial score (nSPS) is 16.7. The molecule has 6 nitrogen and oxygen atoms in total. The minimum absolute atomic E-state index is 0.0380. The van der Waals surface area contributed by atoms with Gasteiger partial charge < -0.3 is 19.7 Å². The largest absolute Gasteiger partial charge is 0.483 e. The number of nitrogens with one attached hydrogen (secondary N) is 1. The zero-order chi connectivity index (χ0) is 21.3. The number of fused-ring (bicyclic) bond motifs is 1. The van der Waals surface area contributed by atoms with Crippen molar-refractivity contribution in [1.82, 2.24) is 4.90 Å². The number of benzene rings is 2. The zero-order valence-corrected chi connectivity index (χ0v) is 17.8. The quantitative estimate of drug-likeness (QED) is 0.813. The number of hydrogen-bond donors (Lipinski definition) is 1. The summed E-state index contributed by atoms with van der Waals surface area (Å²) in [5, 5.41) is 2.89. The lowest BCUT2D eigenvalue weighted by Gasteiger charge is -2.20. The maximum Gasteiger partial charge on any atom is 0.262 e. The monoisotopic (exact) mass is 408 g/mol. The smallest absolute Gasteiger partial charge is 0.262 e. The first-order chi connectivity index (χ1) is 14.3. The van der Waals surface area contributed by atoms with Gasteiger partial charge in [-0.05, 0) is 51.3 Å². The second-order valence-electron chi connectivity index (χ2n) is 8.62. The van der Waals surface area contributed by atoms with E-state index in [-0.39, 0.29) is 24.0 Å². The van der Waals surface area contributed by atoms with E-state index < -0.39 is 0 Å². The molecule has 158 valence electrons. The molecule has 0 saturated carbocycles. The predicted octanol–water partition coefficient (Wildman–Crippen LogP) is 3.96. The fraction of sp³-hybridized carbons (Fsp3) is 0.417. The SMILES string of the molecule is Cc1cccc(C(=O)N2CCCC2)c1NC(=O)COc1cccc2c1OC(C)(C)C2. The maximum atomic E-state index is 12.9. The second-order valence-corrected chi connectivity index (χ2v) is 8.62. The number of ether oxygens (including phenoxy) is 2. The standard InChI is InChI=1S/C24H28N2O4/c1-16-8-6-10-18(23(28)26-12-4-5-13-26)21(16)25-20(27)15-29-19-11-7-9-17-14-24(2,3)30-22(17)19/h6-11H,4-5,12-15H2,1-3H3,(H,25,27). The molecule has 2 aliphatic heterocycles. The van der Waals surface area contributed by atoms with Crippen LogP contribution in [0.15, 0.2) is 36.4 Å². The summed E-state index contributed by atoms with van der Waals surface area (Å²) in [4.78, 5) is 27.4. The fourth-order valence-corrected chi connectivity index (χ4v) is 4.12. The molecule has 0 bridgehead atoms. The van der Waals surface area contributed by atoms with E-state index in [4.69, 9.17) is 9.47 Å². The molecule has 1 saturated heterocycles. The van der Waals surface area contributed by atoms with E-state index in [2.05, 4.69) is 5.32 Å². The lowest BCUT2D eigenvalue weighted by Crippen LogP contribution is -2.29. The highest BCUT2D eigenvalue weighted by molar-refractivity contribution is 6.05. The number of rotatable bonds is 5. The van der Waals surface area contributed by atoms with Crippen molar-refractivity contribution in [3.8, 4) is 11.5 Å². The van der Waals surface area contributed by atoms with Crippen LogP contribution in [-0.2, 0) is 11.2 Å². The molecule has 2 aromatic carbocycles. The van der Waals surface area contributed by atoms with Crippen LogP contribution >= 0.6 is 0 Å². The summed E-state index contributed by atoms with van der Waals surface area (Å²) in [5.41, 5.74) is 2.72. The number of carbonyl (C=O) groups is 2. The third-order valence-electron chi connectivity index (χ3n) is 5.57. The predicted molar refractivity (Wildman–Crippen MR) is 115 cm³/mol. The molecule has 1 N–H and O–H groups in total. The van der Waals surface area contributed by atoms with E-state index in [1.54, 1.807) is 6.07 Å². The lowest BCUT2D eigenvalue weighted by molar-refractivity contribution is -0.118. The van der Waals surface area contributed by atoms with Gasteiger partial charge in [0.25, 0.3) is 11.8 Å². The number of carbonyl (C=O) groups excluding carboxylic acids is 2. The Labute approximate surface area is 177 Å². The van der Waals surface area contributed by atoms with Gasteiger partial charge in [0.15, 0.2) is 18.1 Å². The van der Waals surface area contributed by atoms with E-state index in [9.17, 15) is 9.59 Å². The molecule has 30 heavy (non-hydrogen) atoms. The van der Waals surface area contributed by atoms with E-state index in [1.165, 1.54) is 0 Å². The Bertz CT molecular complexity index is 977. The fourth-order valence-electron chi connectivity index (χ4n) is 4.12. The van der Waals surface area contributed by atoms with Gasteiger partial charge in [0, 0.05) is 25.1 Å². The van der Waals surface area contributed by atoms with Crippen LogP contribution in [0.4, 0.5) is 5.69 Å². The summed E-state index contributed by atoms with van der Waals surface area (Å²) in [6.07, 6.45) is 2.84. The van der Waals surface area contributed by atoms with Crippen molar-refractivity contribution in [3.05, 3.63) is 53.1 Å². The summed E-state index contributed by atoms with van der Waals surface area (Å²) in [6.45, 7) is 7.31. The Hall–Kier alpha value is -3.02. The van der Waals surface area contributed by atoms with Crippen LogP contribution < -0.4 is 14.8 Å². The molecule has 0 radical (unpaired) electrons. The summed E-state index contributed by atoms with van der Waals surface area (Å²) < 4.78 is 11.8. The lowest BCUT2D eigenvalue weighted by atomic mass is 10.0. The first-order valence-corrected chi connectivity index (χ1v) is 10.5. The minimum Gasteiger partial charge on any atom is -0.483 e. The number of hydrogen-bond acceptors (Lipinski definition) is 4. The molecule has 4 rings (SSSR count). The van der Waals surface area contributed by atoms with E-state index >= 15 is 0 Å². The van der Waals surface area contributed by atoms with Crippen molar-refractivity contribution in [3.63, 3.8) is 0 Å². The minimum atomic E-state index is -0.311. The number of para-hydroxylation sites is 2. The van der Waals surface area contributed by atoms with Crippen LogP contribution in [0.5, 0.6) is 11.5 Å². The van der Waals surface area contributed by atoms with Gasteiger partial charge in [-0.1, -0.05) is 24.3 Å². The van der Waals surface area contributed by atoms with E-state index in [1.807, 2.05) is 56.0 Å². The summed E-state index contributed by atoms with van der Waals surface area (Å²) in [7, 11) is 0. The first kappa shape index (κ1) is 20.3. The van der Waals surface area contributed by atoms with Gasteiger partial charge in [0.1, 0.15) is 5.60 Å². The van der Waals surface area contributed by atoms with Gasteiger partial charge in [-0.3, -0.25) is 9.59 Å². The Balaban J connectivity index is 1.46. The number of likely N-dealkylation sites (tertiary alicyclic amines) is 1. The number of amides is 2. The molecular weight excluding hydrogens is 380 g/mol. The first-order valence-electron chi connectivity index (χ1n) is 10.5. The molecule has 0 atom stereocenters. The number of anilines is 1. The van der Waals surface area contributed by atoms with E-state index in [0.29, 0.717) is 22.7 Å². The van der Waals surface area contributed by atoms with Crippen molar-refractivity contribution < 1.29 is 19.1 Å². The van der Waals surface area contributed by atoms with E-state index in [0.717, 1.165) is 43.5 Å². The number of nitrogens with zero attached hydrogens (tertiary/aromatic N) is 1. The van der Waals surface area contributed by atoms with Crippen LogP contribution in [-0.4, -0.2) is 42.0 Å². The van der Waals surface area contributed by atoms with Crippen molar-refractivity contribution in [2.75, 3.05) is 25.0 Å². The Morgan fingerprint density at radius 2 is 1.87 bits per heavy atom. The molecule has 2 heterocycles. The van der Waals surface area contributed by atoms with Crippen LogP contribution in [0.25, 0.3) is 0 Å². The summed E-state index contributed by atoms with van der Waals surface area (Å²) in [6, 6.07) is 11.2. The van der Waals surface area contributed by atoms with Crippen molar-refractivity contribution in [2.45, 2.75) is 45.6 Å². The molecule has 6 heteroatoms. The van der Waals surface area contributed by atoms with Crippen LogP contribution in [0.3, 0.4) is 0 Å². The molecule has 2 amide bonds. The van der Waals surface area contributed by atoms with Gasteiger partial charge in [-0.25, -0.2) is 0 Å². The molecule has 0 spiro atoms. The molecular formula is C24H28N2O4. The van der Waals surface area contributed by atoms with Crippen LogP contribution in [0.2, 0.25) is 0 Å². The highest BCUT2D eigenvalue weighted by atomic mass is 16.5. The van der Waals surface area contributed by atoms with Gasteiger partial charge >= 0.3 is 0 Å². The Morgan fingerprint density at radius 1 is 1.13 bits per heavy atom. The average molecular weight is 408 g/mol. The van der Waals surface area contributed by atoms with Gasteiger partial charge in [0.05, 0.1) is 11.3 Å². The van der Waals surface area contributed by atoms with Crippen molar-refractivity contribution >= 4 is 17.5 Å². The topological polar surface area (TPSA) is 67.9 Å².